The lowest BCUT2D eigenvalue weighted by molar-refractivity contribution is 0.358. The van der Waals surface area contributed by atoms with Crippen LogP contribution in [0.3, 0.4) is 0 Å². The van der Waals surface area contributed by atoms with Gasteiger partial charge in [0.25, 0.3) is 0 Å². The predicted molar refractivity (Wildman–Crippen MR) is 27.0 cm³/mol. The van der Waals surface area contributed by atoms with Crippen LogP contribution in [0.2, 0.25) is 0 Å². The van der Waals surface area contributed by atoms with E-state index in [2.05, 4.69) is 0 Å². The van der Waals surface area contributed by atoms with E-state index in [0.29, 0.717) is 0 Å². The van der Waals surface area contributed by atoms with Crippen molar-refractivity contribution in [2.24, 2.45) is 5.84 Å². The van der Waals surface area contributed by atoms with Crippen LogP contribution in [0.15, 0.2) is 0 Å². The first-order valence-electron chi connectivity index (χ1n) is 2.04. The molecule has 0 aromatic carbocycles. The molecule has 0 aromatic rings. The van der Waals surface area contributed by atoms with Gasteiger partial charge in [-0.25, -0.2) is 5.01 Å². The maximum atomic E-state index is 7.98. The summed E-state index contributed by atoms with van der Waals surface area (Å²) in [4.78, 5) is 0. The summed E-state index contributed by atoms with van der Waals surface area (Å²) in [5, 5.41) is 17.1. The Morgan fingerprint density at radius 2 is 1.62 bits per heavy atom. The molecule has 0 fully saturated rings. The van der Waals surface area contributed by atoms with Crippen LogP contribution in [0.25, 0.3) is 0 Å². The van der Waals surface area contributed by atoms with E-state index in [1.54, 1.807) is 12.1 Å². The number of nitrogens with zero attached hydrogens (tertiary/aromatic N) is 3. The fourth-order valence-corrected chi connectivity index (χ4v) is 0.238. The standard InChI is InChI=1S/C4H6N4/c5-1-3-8(7)4-2-6/h3-4,7H2. The van der Waals surface area contributed by atoms with Crippen molar-refractivity contribution >= 4 is 0 Å². The van der Waals surface area contributed by atoms with Gasteiger partial charge in [0.05, 0.1) is 12.1 Å². The third kappa shape index (κ3) is 3.10. The summed E-state index contributed by atoms with van der Waals surface area (Å²) in [6, 6.07) is 3.60. The molecule has 42 valence electrons. The lowest BCUT2D eigenvalue weighted by Gasteiger charge is -2.03. The molecule has 8 heavy (non-hydrogen) atoms. The first-order valence-corrected chi connectivity index (χ1v) is 2.04. The summed E-state index contributed by atoms with van der Waals surface area (Å²) in [5.74, 6) is 5.08. The SMILES string of the molecule is N#CCN(N)CC#N. The summed E-state index contributed by atoms with van der Waals surface area (Å²) in [5.41, 5.74) is 0. The monoisotopic (exact) mass is 110 g/mol. The summed E-state index contributed by atoms with van der Waals surface area (Å²) in [6.45, 7) is 0.209. The Kier molecular flexibility index (Phi) is 3.51. The molecule has 0 radical (unpaired) electrons. The predicted octanol–water partition coefficient (Wildman–Crippen LogP) is -0.791. The fraction of sp³-hybridized carbons (Fsp3) is 0.500. The van der Waals surface area contributed by atoms with Gasteiger partial charge in [0.1, 0.15) is 13.1 Å². The van der Waals surface area contributed by atoms with Crippen LogP contribution in [0, 0.1) is 22.7 Å². The largest absolute Gasteiger partial charge is 0.267 e. The van der Waals surface area contributed by atoms with Crippen molar-refractivity contribution in [3.8, 4) is 12.1 Å². The van der Waals surface area contributed by atoms with Crippen molar-refractivity contribution in [2.45, 2.75) is 0 Å². The van der Waals surface area contributed by atoms with Crippen molar-refractivity contribution in [1.82, 2.24) is 5.01 Å². The molecule has 4 heteroatoms. The zero-order valence-corrected chi connectivity index (χ0v) is 4.33. The fourth-order valence-electron chi connectivity index (χ4n) is 0.238. The van der Waals surface area contributed by atoms with E-state index >= 15 is 0 Å². The van der Waals surface area contributed by atoms with Crippen LogP contribution in [0.5, 0.6) is 0 Å². The first-order chi connectivity index (χ1) is 3.81. The zero-order valence-electron chi connectivity index (χ0n) is 4.33. The highest BCUT2D eigenvalue weighted by Crippen LogP contribution is 1.69. The molecular formula is C4H6N4. The van der Waals surface area contributed by atoms with Gasteiger partial charge in [-0.1, -0.05) is 0 Å². The molecule has 0 rings (SSSR count). The molecule has 2 N–H and O–H groups in total. The van der Waals surface area contributed by atoms with Crippen LogP contribution >= 0.6 is 0 Å². The minimum atomic E-state index is 0.105. The van der Waals surface area contributed by atoms with Crippen LogP contribution in [0.4, 0.5) is 0 Å². The van der Waals surface area contributed by atoms with Gasteiger partial charge < -0.3 is 0 Å². The number of hydrogen-bond donors (Lipinski definition) is 1. The summed E-state index contributed by atoms with van der Waals surface area (Å²) >= 11 is 0. The molecule has 0 heterocycles. The molecule has 0 aliphatic rings. The Labute approximate surface area is 47.7 Å². The van der Waals surface area contributed by atoms with E-state index in [9.17, 15) is 0 Å². The molecular weight excluding hydrogens is 104 g/mol. The molecule has 0 spiro atoms. The Balaban J connectivity index is 3.25. The molecule has 0 aromatic heterocycles. The quantitative estimate of drug-likeness (QED) is 0.287. The average Bonchev–Trinajstić information content (AvgIpc) is 1.68. The van der Waals surface area contributed by atoms with E-state index in [4.69, 9.17) is 16.4 Å². The molecule has 0 saturated heterocycles. The van der Waals surface area contributed by atoms with Crippen molar-refractivity contribution in [1.29, 1.82) is 10.5 Å². The first kappa shape index (κ1) is 6.90. The van der Waals surface area contributed by atoms with E-state index in [1.165, 1.54) is 0 Å². The highest BCUT2D eigenvalue weighted by molar-refractivity contribution is 4.80. The molecule has 4 nitrogen and oxygen atoms in total. The second kappa shape index (κ2) is 4.07. The van der Waals surface area contributed by atoms with Crippen molar-refractivity contribution in [3.63, 3.8) is 0 Å². The highest BCUT2D eigenvalue weighted by atomic mass is 15.4. The van der Waals surface area contributed by atoms with Crippen LogP contribution in [-0.2, 0) is 0 Å². The maximum absolute atomic E-state index is 7.98. The summed E-state index contributed by atoms with van der Waals surface area (Å²) in [7, 11) is 0. The van der Waals surface area contributed by atoms with Gasteiger partial charge in [0.2, 0.25) is 0 Å². The molecule has 0 unspecified atom stereocenters. The second-order valence-electron chi connectivity index (χ2n) is 1.22. The Hall–Kier alpha value is -1.10. The number of nitriles is 2. The number of rotatable bonds is 2. The molecule has 0 saturated carbocycles. The molecule has 0 atom stereocenters. The topological polar surface area (TPSA) is 76.8 Å². The van der Waals surface area contributed by atoms with E-state index in [0.717, 1.165) is 5.01 Å². The van der Waals surface area contributed by atoms with Gasteiger partial charge in [-0.2, -0.15) is 10.5 Å². The van der Waals surface area contributed by atoms with Gasteiger partial charge in [0.15, 0.2) is 0 Å². The number of hydrazine groups is 1. The second-order valence-corrected chi connectivity index (χ2v) is 1.22. The van der Waals surface area contributed by atoms with E-state index in [-0.39, 0.29) is 13.1 Å². The Morgan fingerprint density at radius 3 is 1.88 bits per heavy atom. The normalized spacial score (nSPS) is 8.00. The average molecular weight is 110 g/mol. The molecule has 0 aliphatic carbocycles. The maximum Gasteiger partial charge on any atom is 0.101 e. The van der Waals surface area contributed by atoms with Crippen molar-refractivity contribution < 1.29 is 0 Å². The minimum absolute atomic E-state index is 0.105. The number of hydrogen-bond acceptors (Lipinski definition) is 4. The zero-order chi connectivity index (χ0) is 6.41. The smallest absolute Gasteiger partial charge is 0.101 e. The van der Waals surface area contributed by atoms with E-state index in [1.807, 2.05) is 0 Å². The van der Waals surface area contributed by atoms with Crippen LogP contribution in [0.1, 0.15) is 0 Å². The molecule has 0 bridgehead atoms. The summed E-state index contributed by atoms with van der Waals surface area (Å²) < 4.78 is 0. The van der Waals surface area contributed by atoms with Crippen molar-refractivity contribution in [2.75, 3.05) is 13.1 Å². The van der Waals surface area contributed by atoms with Gasteiger partial charge in [-0.05, 0) is 0 Å². The third-order valence-electron chi connectivity index (χ3n) is 0.548. The van der Waals surface area contributed by atoms with Gasteiger partial charge in [-0.15, -0.1) is 0 Å². The highest BCUT2D eigenvalue weighted by Gasteiger charge is 1.91. The van der Waals surface area contributed by atoms with Crippen LogP contribution in [-0.4, -0.2) is 18.1 Å². The molecule has 0 amide bonds. The summed E-state index contributed by atoms with van der Waals surface area (Å²) in [6.07, 6.45) is 0. The Morgan fingerprint density at radius 1 is 1.25 bits per heavy atom. The van der Waals surface area contributed by atoms with Gasteiger partial charge in [-0.3, -0.25) is 5.84 Å². The number of nitrogens with two attached hydrogens (primary N) is 1. The van der Waals surface area contributed by atoms with Gasteiger partial charge >= 0.3 is 0 Å². The lowest BCUT2D eigenvalue weighted by atomic mass is 10.6. The van der Waals surface area contributed by atoms with Gasteiger partial charge in [0, 0.05) is 0 Å². The molecule has 0 aliphatic heterocycles. The third-order valence-corrected chi connectivity index (χ3v) is 0.548. The minimum Gasteiger partial charge on any atom is -0.267 e. The van der Waals surface area contributed by atoms with E-state index < -0.39 is 0 Å². The lowest BCUT2D eigenvalue weighted by Crippen LogP contribution is -2.31. The Bertz CT molecular complexity index is 112. The van der Waals surface area contributed by atoms with Crippen molar-refractivity contribution in [3.05, 3.63) is 0 Å². The van der Waals surface area contributed by atoms with Crippen LogP contribution < -0.4 is 5.84 Å².